The van der Waals surface area contributed by atoms with Crippen LogP contribution >= 0.6 is 12.4 Å². The minimum Gasteiger partial charge on any atom is -0.489 e. The Morgan fingerprint density at radius 1 is 0.808 bits per heavy atom. The SMILES string of the molecule is Cl.Nc1ccc(OCc2ccccc2)cc1C(=O)OCc1ccccc1. The summed E-state index contributed by atoms with van der Waals surface area (Å²) in [5.74, 6) is 0.108. The first-order valence-corrected chi connectivity index (χ1v) is 7.99. The van der Waals surface area contributed by atoms with E-state index in [9.17, 15) is 4.79 Å². The van der Waals surface area contributed by atoms with Crippen molar-refractivity contribution < 1.29 is 14.3 Å². The molecule has 0 unspecified atom stereocenters. The molecule has 3 rings (SSSR count). The molecule has 0 atom stereocenters. The van der Waals surface area contributed by atoms with E-state index in [0.717, 1.165) is 11.1 Å². The molecule has 2 N–H and O–H groups in total. The third kappa shape index (κ3) is 5.26. The second-order valence-corrected chi connectivity index (χ2v) is 5.59. The molecule has 3 aromatic rings. The van der Waals surface area contributed by atoms with Crippen molar-refractivity contribution in [2.45, 2.75) is 13.2 Å². The highest BCUT2D eigenvalue weighted by atomic mass is 35.5. The summed E-state index contributed by atoms with van der Waals surface area (Å²) in [5.41, 5.74) is 8.55. The molecule has 0 heterocycles. The molecule has 0 saturated carbocycles. The van der Waals surface area contributed by atoms with Crippen molar-refractivity contribution in [1.29, 1.82) is 0 Å². The molecule has 0 amide bonds. The van der Waals surface area contributed by atoms with Crippen LogP contribution in [0.15, 0.2) is 78.9 Å². The van der Waals surface area contributed by atoms with Crippen LogP contribution in [0.5, 0.6) is 5.75 Å². The van der Waals surface area contributed by atoms with Crippen LogP contribution in [0.2, 0.25) is 0 Å². The molecule has 0 radical (unpaired) electrons. The summed E-state index contributed by atoms with van der Waals surface area (Å²) < 4.78 is 11.1. The number of carbonyl (C=O) groups is 1. The summed E-state index contributed by atoms with van der Waals surface area (Å²) in [5, 5.41) is 0. The molecule has 0 aromatic heterocycles. The standard InChI is InChI=1S/C21H19NO3.ClH/c22-20-12-11-18(24-14-16-7-3-1-4-8-16)13-19(20)21(23)25-15-17-9-5-2-6-10-17;/h1-13H,14-15,22H2;1H. The number of hydrogen-bond donors (Lipinski definition) is 1. The van der Waals surface area contributed by atoms with Gasteiger partial charge in [-0.15, -0.1) is 12.4 Å². The molecular weight excluding hydrogens is 350 g/mol. The van der Waals surface area contributed by atoms with Crippen molar-refractivity contribution in [3.63, 3.8) is 0 Å². The van der Waals surface area contributed by atoms with Crippen LogP contribution in [-0.2, 0) is 18.0 Å². The zero-order valence-corrected chi connectivity index (χ0v) is 14.9. The predicted molar refractivity (Wildman–Crippen MR) is 104 cm³/mol. The monoisotopic (exact) mass is 369 g/mol. The molecular formula is C21H20ClNO3. The molecule has 26 heavy (non-hydrogen) atoms. The van der Waals surface area contributed by atoms with Gasteiger partial charge in [0.15, 0.2) is 0 Å². The van der Waals surface area contributed by atoms with E-state index >= 15 is 0 Å². The normalized spacial score (nSPS) is 9.85. The Balaban J connectivity index is 0.00000243. The average Bonchev–Trinajstić information content (AvgIpc) is 2.67. The molecule has 5 heteroatoms. The van der Waals surface area contributed by atoms with Crippen molar-refractivity contribution in [1.82, 2.24) is 0 Å². The Hall–Kier alpha value is -2.98. The lowest BCUT2D eigenvalue weighted by Gasteiger charge is -2.11. The maximum Gasteiger partial charge on any atom is 0.340 e. The van der Waals surface area contributed by atoms with Crippen LogP contribution in [0, 0.1) is 0 Å². The fourth-order valence-corrected chi connectivity index (χ4v) is 2.34. The van der Waals surface area contributed by atoms with E-state index in [4.69, 9.17) is 15.2 Å². The molecule has 4 nitrogen and oxygen atoms in total. The summed E-state index contributed by atoms with van der Waals surface area (Å²) in [6.45, 7) is 0.622. The van der Waals surface area contributed by atoms with Gasteiger partial charge in [0, 0.05) is 5.69 Å². The summed E-state index contributed by atoms with van der Waals surface area (Å²) in [4.78, 5) is 12.3. The Morgan fingerprint density at radius 3 is 2.00 bits per heavy atom. The molecule has 134 valence electrons. The van der Waals surface area contributed by atoms with Crippen molar-refractivity contribution >= 4 is 24.1 Å². The van der Waals surface area contributed by atoms with Gasteiger partial charge >= 0.3 is 5.97 Å². The highest BCUT2D eigenvalue weighted by Crippen LogP contribution is 2.22. The Kier molecular flexibility index (Phi) is 7.06. The van der Waals surface area contributed by atoms with Gasteiger partial charge < -0.3 is 15.2 Å². The van der Waals surface area contributed by atoms with Crippen LogP contribution in [0.4, 0.5) is 5.69 Å². The number of carbonyl (C=O) groups excluding carboxylic acids is 1. The van der Waals surface area contributed by atoms with E-state index in [-0.39, 0.29) is 19.0 Å². The summed E-state index contributed by atoms with van der Waals surface area (Å²) in [7, 11) is 0. The van der Waals surface area contributed by atoms with E-state index in [1.807, 2.05) is 60.7 Å². The third-order valence-electron chi connectivity index (χ3n) is 3.71. The molecule has 0 saturated heterocycles. The minimum absolute atomic E-state index is 0. The molecule has 0 spiro atoms. The van der Waals surface area contributed by atoms with Crippen molar-refractivity contribution in [3.8, 4) is 5.75 Å². The highest BCUT2D eigenvalue weighted by molar-refractivity contribution is 5.95. The van der Waals surface area contributed by atoms with Gasteiger partial charge in [0.1, 0.15) is 19.0 Å². The van der Waals surface area contributed by atoms with Gasteiger partial charge in [0.25, 0.3) is 0 Å². The molecule has 0 aliphatic heterocycles. The lowest BCUT2D eigenvalue weighted by molar-refractivity contribution is 0.0473. The third-order valence-corrected chi connectivity index (χ3v) is 3.71. The molecule has 3 aromatic carbocycles. The van der Waals surface area contributed by atoms with E-state index in [0.29, 0.717) is 23.6 Å². The Bertz CT molecular complexity index is 838. The Labute approximate surface area is 159 Å². The van der Waals surface area contributed by atoms with Gasteiger partial charge in [0.2, 0.25) is 0 Å². The van der Waals surface area contributed by atoms with Gasteiger partial charge in [-0.2, -0.15) is 0 Å². The highest BCUT2D eigenvalue weighted by Gasteiger charge is 2.13. The smallest absolute Gasteiger partial charge is 0.340 e. The summed E-state index contributed by atoms with van der Waals surface area (Å²) >= 11 is 0. The first-order valence-electron chi connectivity index (χ1n) is 7.99. The number of hydrogen-bond acceptors (Lipinski definition) is 4. The zero-order valence-electron chi connectivity index (χ0n) is 14.1. The quantitative estimate of drug-likeness (QED) is 0.508. The van der Waals surface area contributed by atoms with Gasteiger partial charge in [-0.05, 0) is 29.3 Å². The number of nitrogens with two attached hydrogens (primary N) is 1. The van der Waals surface area contributed by atoms with Crippen LogP contribution in [-0.4, -0.2) is 5.97 Å². The minimum atomic E-state index is -0.466. The number of rotatable bonds is 6. The maximum atomic E-state index is 12.3. The fraction of sp³-hybridized carbons (Fsp3) is 0.0952. The first kappa shape index (κ1) is 19.3. The number of halogens is 1. The van der Waals surface area contributed by atoms with Crippen molar-refractivity contribution in [2.24, 2.45) is 0 Å². The van der Waals surface area contributed by atoms with Crippen molar-refractivity contribution in [2.75, 3.05) is 5.73 Å². The molecule has 0 aliphatic rings. The Morgan fingerprint density at radius 2 is 1.38 bits per heavy atom. The fourth-order valence-electron chi connectivity index (χ4n) is 2.34. The predicted octanol–water partition coefficient (Wildman–Crippen LogP) is 4.63. The maximum absolute atomic E-state index is 12.3. The van der Waals surface area contributed by atoms with Crippen molar-refractivity contribution in [3.05, 3.63) is 95.6 Å². The number of anilines is 1. The molecule has 0 aliphatic carbocycles. The van der Waals surface area contributed by atoms with Crippen LogP contribution < -0.4 is 10.5 Å². The number of ether oxygens (including phenoxy) is 2. The van der Waals surface area contributed by atoms with E-state index < -0.39 is 5.97 Å². The largest absolute Gasteiger partial charge is 0.489 e. The average molecular weight is 370 g/mol. The number of nitrogen functional groups attached to an aromatic ring is 1. The zero-order chi connectivity index (χ0) is 17.5. The van der Waals surface area contributed by atoms with Crippen LogP contribution in [0.25, 0.3) is 0 Å². The van der Waals surface area contributed by atoms with E-state index in [1.165, 1.54) is 0 Å². The number of esters is 1. The van der Waals surface area contributed by atoms with Crippen LogP contribution in [0.1, 0.15) is 21.5 Å². The number of benzene rings is 3. The second kappa shape index (κ2) is 9.49. The lowest BCUT2D eigenvalue weighted by atomic mass is 10.1. The van der Waals surface area contributed by atoms with E-state index in [1.54, 1.807) is 18.2 Å². The summed E-state index contributed by atoms with van der Waals surface area (Å²) in [6, 6.07) is 24.3. The van der Waals surface area contributed by atoms with E-state index in [2.05, 4.69) is 0 Å². The second-order valence-electron chi connectivity index (χ2n) is 5.59. The van der Waals surface area contributed by atoms with Gasteiger partial charge in [-0.3, -0.25) is 0 Å². The lowest BCUT2D eigenvalue weighted by Crippen LogP contribution is -2.09. The molecule has 0 bridgehead atoms. The summed E-state index contributed by atoms with van der Waals surface area (Å²) in [6.07, 6.45) is 0. The van der Waals surface area contributed by atoms with Gasteiger partial charge in [-0.1, -0.05) is 60.7 Å². The first-order chi connectivity index (χ1) is 12.2. The molecule has 0 fully saturated rings. The van der Waals surface area contributed by atoms with Gasteiger partial charge in [-0.25, -0.2) is 4.79 Å². The topological polar surface area (TPSA) is 61.5 Å². The van der Waals surface area contributed by atoms with Crippen LogP contribution in [0.3, 0.4) is 0 Å². The van der Waals surface area contributed by atoms with Gasteiger partial charge in [0.05, 0.1) is 5.56 Å².